The van der Waals surface area contributed by atoms with Gasteiger partial charge in [0.25, 0.3) is 5.91 Å². The number of H-pyrrole nitrogens is 1. The maximum Gasteiger partial charge on any atom is 0.255 e. The second-order valence-corrected chi connectivity index (χ2v) is 6.53. The van der Waals surface area contributed by atoms with Crippen LogP contribution in [0.1, 0.15) is 36.7 Å². The van der Waals surface area contributed by atoms with Gasteiger partial charge in [-0.05, 0) is 41.3 Å². The van der Waals surface area contributed by atoms with E-state index in [1.54, 1.807) is 0 Å². The zero-order valence-corrected chi connectivity index (χ0v) is 13.1. The molecule has 0 radical (unpaired) electrons. The number of carbonyl (C=O) groups is 1. The van der Waals surface area contributed by atoms with Gasteiger partial charge in [-0.2, -0.15) is 0 Å². The van der Waals surface area contributed by atoms with Gasteiger partial charge in [-0.1, -0.05) is 39.0 Å². The van der Waals surface area contributed by atoms with Crippen LogP contribution < -0.4 is 5.32 Å². The molecule has 0 aliphatic carbocycles. The van der Waals surface area contributed by atoms with E-state index in [0.29, 0.717) is 5.56 Å². The number of amides is 1. The molecule has 0 unspecified atom stereocenters. The predicted octanol–water partition coefficient (Wildman–Crippen LogP) is 4.72. The van der Waals surface area contributed by atoms with Crippen molar-refractivity contribution >= 4 is 22.5 Å². The third-order valence-corrected chi connectivity index (χ3v) is 3.86. The van der Waals surface area contributed by atoms with Gasteiger partial charge in [0.15, 0.2) is 0 Å². The number of rotatable bonds is 2. The van der Waals surface area contributed by atoms with E-state index in [1.807, 2.05) is 54.7 Å². The molecular formula is C19H20N2O. The molecule has 2 N–H and O–H groups in total. The smallest absolute Gasteiger partial charge is 0.255 e. The number of carbonyl (C=O) groups excluding carboxylic acids is 1. The Balaban J connectivity index is 1.84. The van der Waals surface area contributed by atoms with Gasteiger partial charge in [0.1, 0.15) is 0 Å². The molecule has 0 bridgehead atoms. The molecule has 0 atom stereocenters. The number of hydrogen-bond acceptors (Lipinski definition) is 1. The molecule has 3 aromatic rings. The molecule has 1 heterocycles. The zero-order chi connectivity index (χ0) is 15.7. The molecule has 0 saturated heterocycles. The van der Waals surface area contributed by atoms with E-state index in [9.17, 15) is 4.79 Å². The van der Waals surface area contributed by atoms with Crippen LogP contribution in [0.3, 0.4) is 0 Å². The Bertz CT molecular complexity index is 807. The minimum atomic E-state index is -0.0887. The maximum absolute atomic E-state index is 12.4. The fraction of sp³-hybridized carbons (Fsp3) is 0.211. The topological polar surface area (TPSA) is 44.9 Å². The number of fused-ring (bicyclic) bond motifs is 1. The summed E-state index contributed by atoms with van der Waals surface area (Å²) in [5.74, 6) is -0.0887. The van der Waals surface area contributed by atoms with Gasteiger partial charge < -0.3 is 10.3 Å². The van der Waals surface area contributed by atoms with Crippen LogP contribution in [0.25, 0.3) is 10.9 Å². The lowest BCUT2D eigenvalue weighted by Crippen LogP contribution is -2.14. The number of hydrogen-bond donors (Lipinski definition) is 2. The summed E-state index contributed by atoms with van der Waals surface area (Å²) in [5, 5.41) is 4.00. The van der Waals surface area contributed by atoms with Crippen LogP contribution in [0, 0.1) is 0 Å². The van der Waals surface area contributed by atoms with Gasteiger partial charge in [0.2, 0.25) is 0 Å². The summed E-state index contributed by atoms with van der Waals surface area (Å²) < 4.78 is 0. The van der Waals surface area contributed by atoms with Crippen LogP contribution in [0.15, 0.2) is 54.7 Å². The molecule has 112 valence electrons. The lowest BCUT2D eigenvalue weighted by Gasteiger charge is -2.19. The fourth-order valence-electron chi connectivity index (χ4n) is 2.51. The van der Waals surface area contributed by atoms with E-state index >= 15 is 0 Å². The van der Waals surface area contributed by atoms with Gasteiger partial charge >= 0.3 is 0 Å². The Morgan fingerprint density at radius 2 is 1.73 bits per heavy atom. The van der Waals surface area contributed by atoms with E-state index in [2.05, 4.69) is 31.1 Å². The summed E-state index contributed by atoms with van der Waals surface area (Å²) in [6.07, 6.45) is 1.87. The highest BCUT2D eigenvalue weighted by molar-refractivity contribution is 6.08. The predicted molar refractivity (Wildman–Crippen MR) is 91.4 cm³/mol. The number of nitrogens with one attached hydrogen (secondary N) is 2. The minimum absolute atomic E-state index is 0.0887. The van der Waals surface area contributed by atoms with E-state index in [-0.39, 0.29) is 11.3 Å². The molecule has 3 rings (SSSR count). The summed E-state index contributed by atoms with van der Waals surface area (Å²) in [5.41, 5.74) is 3.81. The summed E-state index contributed by atoms with van der Waals surface area (Å²) in [6, 6.07) is 15.6. The highest BCUT2D eigenvalue weighted by atomic mass is 16.1. The average Bonchev–Trinajstić information content (AvgIpc) is 2.96. The molecule has 0 aliphatic heterocycles. The number of aromatic nitrogens is 1. The Hall–Kier alpha value is -2.55. The highest BCUT2D eigenvalue weighted by Gasteiger charge is 2.14. The Morgan fingerprint density at radius 3 is 2.41 bits per heavy atom. The monoisotopic (exact) mass is 292 g/mol. The van der Waals surface area contributed by atoms with Crippen LogP contribution in [0.4, 0.5) is 5.69 Å². The first-order valence-corrected chi connectivity index (χ1v) is 7.43. The molecular weight excluding hydrogens is 272 g/mol. The highest BCUT2D eigenvalue weighted by Crippen LogP contribution is 2.24. The van der Waals surface area contributed by atoms with Crippen molar-refractivity contribution in [3.05, 3.63) is 65.9 Å². The van der Waals surface area contributed by atoms with E-state index in [4.69, 9.17) is 0 Å². The van der Waals surface area contributed by atoms with Crippen molar-refractivity contribution in [2.75, 3.05) is 5.32 Å². The van der Waals surface area contributed by atoms with Gasteiger partial charge in [0.05, 0.1) is 5.69 Å². The summed E-state index contributed by atoms with van der Waals surface area (Å²) >= 11 is 0. The van der Waals surface area contributed by atoms with Crippen molar-refractivity contribution in [1.29, 1.82) is 0 Å². The number of benzene rings is 2. The summed E-state index contributed by atoms with van der Waals surface area (Å²) in [6.45, 7) is 6.48. The molecule has 22 heavy (non-hydrogen) atoms. The molecule has 0 spiro atoms. The van der Waals surface area contributed by atoms with Gasteiger partial charge in [0, 0.05) is 22.7 Å². The average molecular weight is 292 g/mol. The van der Waals surface area contributed by atoms with Crippen molar-refractivity contribution in [2.24, 2.45) is 0 Å². The molecule has 0 aliphatic rings. The largest absolute Gasteiger partial charge is 0.361 e. The molecule has 0 fully saturated rings. The van der Waals surface area contributed by atoms with Crippen LogP contribution in [0.2, 0.25) is 0 Å². The normalized spacial score (nSPS) is 11.6. The lowest BCUT2D eigenvalue weighted by atomic mass is 9.87. The lowest BCUT2D eigenvalue weighted by molar-refractivity contribution is 0.102. The molecule has 3 heteroatoms. The molecule has 3 nitrogen and oxygen atoms in total. The fourth-order valence-corrected chi connectivity index (χ4v) is 2.51. The minimum Gasteiger partial charge on any atom is -0.361 e. The summed E-state index contributed by atoms with van der Waals surface area (Å²) in [4.78, 5) is 15.6. The standard InChI is InChI=1S/C19H20N2O/c1-19(2,3)14-9-7-13(8-10-14)18(22)21-17-6-4-5-16-15(17)11-12-20-16/h4-12,20H,1-3H3,(H,21,22). The first-order valence-electron chi connectivity index (χ1n) is 7.43. The van der Waals surface area contributed by atoms with Gasteiger partial charge in [-0.15, -0.1) is 0 Å². The zero-order valence-electron chi connectivity index (χ0n) is 13.1. The van der Waals surface area contributed by atoms with Crippen LogP contribution in [-0.4, -0.2) is 10.9 Å². The Labute approximate surface area is 130 Å². The quantitative estimate of drug-likeness (QED) is 0.705. The molecule has 1 aromatic heterocycles. The third-order valence-electron chi connectivity index (χ3n) is 3.86. The second kappa shape index (κ2) is 5.34. The Kier molecular flexibility index (Phi) is 3.49. The Morgan fingerprint density at radius 1 is 1.00 bits per heavy atom. The van der Waals surface area contributed by atoms with Gasteiger partial charge in [-0.25, -0.2) is 0 Å². The summed E-state index contributed by atoms with van der Waals surface area (Å²) in [7, 11) is 0. The molecule has 1 amide bonds. The van der Waals surface area contributed by atoms with E-state index in [0.717, 1.165) is 16.6 Å². The number of anilines is 1. The van der Waals surface area contributed by atoms with E-state index < -0.39 is 0 Å². The third kappa shape index (κ3) is 2.75. The van der Waals surface area contributed by atoms with Crippen LogP contribution in [-0.2, 0) is 5.41 Å². The maximum atomic E-state index is 12.4. The van der Waals surface area contributed by atoms with Crippen molar-refractivity contribution < 1.29 is 4.79 Å². The van der Waals surface area contributed by atoms with Crippen molar-refractivity contribution in [3.63, 3.8) is 0 Å². The molecule has 0 saturated carbocycles. The molecule has 2 aromatic carbocycles. The second-order valence-electron chi connectivity index (χ2n) is 6.53. The van der Waals surface area contributed by atoms with Gasteiger partial charge in [-0.3, -0.25) is 4.79 Å². The van der Waals surface area contributed by atoms with Crippen molar-refractivity contribution in [3.8, 4) is 0 Å². The first-order chi connectivity index (χ1) is 10.4. The van der Waals surface area contributed by atoms with Crippen LogP contribution >= 0.6 is 0 Å². The SMILES string of the molecule is CC(C)(C)c1ccc(C(=O)Nc2cccc3[nH]ccc23)cc1. The number of aromatic amines is 1. The van der Waals surface area contributed by atoms with Crippen molar-refractivity contribution in [1.82, 2.24) is 4.98 Å². The first kappa shape index (κ1) is 14.4. The van der Waals surface area contributed by atoms with E-state index in [1.165, 1.54) is 5.56 Å². The van der Waals surface area contributed by atoms with Crippen molar-refractivity contribution in [2.45, 2.75) is 26.2 Å². The van der Waals surface area contributed by atoms with Crippen LogP contribution in [0.5, 0.6) is 0 Å².